The van der Waals surface area contributed by atoms with Gasteiger partial charge in [-0.2, -0.15) is 0 Å². The zero-order chi connectivity index (χ0) is 12.4. The van der Waals surface area contributed by atoms with Crippen molar-refractivity contribution >= 4 is 17.8 Å². The summed E-state index contributed by atoms with van der Waals surface area (Å²) >= 11 is 0. The second kappa shape index (κ2) is 4.32. The lowest BCUT2D eigenvalue weighted by Crippen LogP contribution is -2.55. The molecule has 5 nitrogen and oxygen atoms in total. The van der Waals surface area contributed by atoms with Gasteiger partial charge in [-0.15, -0.1) is 0 Å². The topological polar surface area (TPSA) is 70.6 Å². The quantitative estimate of drug-likeness (QED) is 0.680. The fourth-order valence-electron chi connectivity index (χ4n) is 1.63. The molecule has 1 aromatic rings. The van der Waals surface area contributed by atoms with Gasteiger partial charge in [-0.3, -0.25) is 25.2 Å². The molecular formula is C11H10FN3O2. The number of guanidine groups is 1. The van der Waals surface area contributed by atoms with Gasteiger partial charge < -0.3 is 0 Å². The van der Waals surface area contributed by atoms with Gasteiger partial charge in [0.1, 0.15) is 11.7 Å². The van der Waals surface area contributed by atoms with Crippen LogP contribution in [-0.2, 0) is 9.59 Å². The molecule has 0 spiro atoms. The van der Waals surface area contributed by atoms with Crippen molar-refractivity contribution < 1.29 is 14.0 Å². The van der Waals surface area contributed by atoms with Gasteiger partial charge in [-0.25, -0.2) is 4.39 Å². The number of hydrogen-bond donors (Lipinski definition) is 2. The normalized spacial score (nSPS) is 19.6. The van der Waals surface area contributed by atoms with E-state index < -0.39 is 23.5 Å². The Morgan fingerprint density at radius 3 is 2.41 bits per heavy atom. The van der Waals surface area contributed by atoms with Crippen LogP contribution in [-0.4, -0.2) is 24.8 Å². The third kappa shape index (κ3) is 2.15. The third-order valence-electron chi connectivity index (χ3n) is 2.41. The van der Waals surface area contributed by atoms with E-state index in [0.29, 0.717) is 5.56 Å². The van der Waals surface area contributed by atoms with E-state index in [9.17, 15) is 14.0 Å². The summed E-state index contributed by atoms with van der Waals surface area (Å²) in [5.41, 5.74) is 0.315. The summed E-state index contributed by atoms with van der Waals surface area (Å²) in [6, 6.07) is 5.40. The smallest absolute Gasteiger partial charge is 0.243 e. The lowest BCUT2D eigenvalue weighted by molar-refractivity contribution is -0.131. The van der Waals surface area contributed by atoms with Crippen LogP contribution in [0.25, 0.3) is 0 Å². The van der Waals surface area contributed by atoms with E-state index in [1.165, 1.54) is 25.2 Å². The molecule has 0 atom stereocenters. The number of nitrogens with one attached hydrogen (secondary N) is 2. The summed E-state index contributed by atoms with van der Waals surface area (Å²) in [6.07, 6.45) is 0. The molecule has 2 amide bonds. The molecule has 1 aromatic carbocycles. The SMILES string of the molecule is CN=C1NC(=O)C(c2cccc(F)c2)C(=O)N1. The number of carbonyl (C=O) groups is 2. The molecule has 2 N–H and O–H groups in total. The summed E-state index contributed by atoms with van der Waals surface area (Å²) in [4.78, 5) is 27.1. The summed E-state index contributed by atoms with van der Waals surface area (Å²) in [7, 11) is 1.44. The Labute approximate surface area is 96.7 Å². The van der Waals surface area contributed by atoms with Crippen LogP contribution in [0.4, 0.5) is 4.39 Å². The Balaban J connectivity index is 2.33. The molecule has 17 heavy (non-hydrogen) atoms. The standard InChI is InChI=1S/C11H10FN3O2/c1-13-11-14-9(16)8(10(17)15-11)6-3-2-4-7(12)5-6/h2-5,8H,1H3,(H2,13,14,15,16,17). The van der Waals surface area contributed by atoms with Crippen molar-refractivity contribution in [2.45, 2.75) is 5.92 Å². The van der Waals surface area contributed by atoms with Gasteiger partial charge in [0.05, 0.1) is 0 Å². The van der Waals surface area contributed by atoms with E-state index in [-0.39, 0.29) is 5.96 Å². The predicted molar refractivity (Wildman–Crippen MR) is 58.8 cm³/mol. The van der Waals surface area contributed by atoms with Crippen molar-refractivity contribution in [1.82, 2.24) is 10.6 Å². The maximum Gasteiger partial charge on any atom is 0.243 e. The maximum atomic E-state index is 13.0. The van der Waals surface area contributed by atoms with Gasteiger partial charge in [-0.1, -0.05) is 12.1 Å². The molecular weight excluding hydrogens is 225 g/mol. The van der Waals surface area contributed by atoms with Gasteiger partial charge >= 0.3 is 0 Å². The Hall–Kier alpha value is -2.24. The Morgan fingerprint density at radius 1 is 1.24 bits per heavy atom. The van der Waals surface area contributed by atoms with Crippen LogP contribution in [0, 0.1) is 5.82 Å². The fourth-order valence-corrected chi connectivity index (χ4v) is 1.63. The van der Waals surface area contributed by atoms with Gasteiger partial charge in [0.15, 0.2) is 0 Å². The molecule has 6 heteroatoms. The predicted octanol–water partition coefficient (Wildman–Crippen LogP) is 0.141. The molecule has 2 rings (SSSR count). The summed E-state index contributed by atoms with van der Waals surface area (Å²) < 4.78 is 13.0. The first kappa shape index (κ1) is 11.3. The van der Waals surface area contributed by atoms with Crippen LogP contribution in [0.15, 0.2) is 29.3 Å². The van der Waals surface area contributed by atoms with Gasteiger partial charge in [-0.05, 0) is 17.7 Å². The van der Waals surface area contributed by atoms with Crippen LogP contribution in [0.2, 0.25) is 0 Å². The summed E-state index contributed by atoms with van der Waals surface area (Å²) in [6.45, 7) is 0. The zero-order valence-corrected chi connectivity index (χ0v) is 9.03. The molecule has 1 heterocycles. The lowest BCUT2D eigenvalue weighted by atomic mass is 9.96. The lowest BCUT2D eigenvalue weighted by Gasteiger charge is -2.23. The third-order valence-corrected chi connectivity index (χ3v) is 2.41. The molecule has 0 aromatic heterocycles. The number of nitrogens with zero attached hydrogens (tertiary/aromatic N) is 1. The molecule has 88 valence electrons. The van der Waals surface area contributed by atoms with Crippen LogP contribution in [0.1, 0.15) is 11.5 Å². The minimum Gasteiger partial charge on any atom is -0.295 e. The Morgan fingerprint density at radius 2 is 1.88 bits per heavy atom. The maximum absolute atomic E-state index is 13.0. The number of amides is 2. The number of rotatable bonds is 1. The zero-order valence-electron chi connectivity index (χ0n) is 9.03. The number of aliphatic imine (C=N–C) groups is 1. The Bertz CT molecular complexity index is 493. The first-order valence-corrected chi connectivity index (χ1v) is 4.96. The molecule has 1 saturated heterocycles. The second-order valence-corrected chi connectivity index (χ2v) is 3.54. The minimum atomic E-state index is -1.05. The highest BCUT2D eigenvalue weighted by atomic mass is 19.1. The highest BCUT2D eigenvalue weighted by Crippen LogP contribution is 2.19. The average molecular weight is 235 g/mol. The van der Waals surface area contributed by atoms with Gasteiger partial charge in [0.2, 0.25) is 17.8 Å². The number of hydrogen-bond acceptors (Lipinski definition) is 3. The van der Waals surface area contributed by atoms with Crippen LogP contribution >= 0.6 is 0 Å². The van der Waals surface area contributed by atoms with E-state index in [2.05, 4.69) is 15.6 Å². The van der Waals surface area contributed by atoms with Crippen LogP contribution in [0.3, 0.4) is 0 Å². The van der Waals surface area contributed by atoms with Crippen molar-refractivity contribution in [2.75, 3.05) is 7.05 Å². The highest BCUT2D eigenvalue weighted by molar-refractivity contribution is 6.20. The first-order valence-electron chi connectivity index (χ1n) is 4.96. The molecule has 0 bridgehead atoms. The van der Waals surface area contributed by atoms with Crippen molar-refractivity contribution in [3.05, 3.63) is 35.6 Å². The average Bonchev–Trinajstić information content (AvgIpc) is 2.28. The second-order valence-electron chi connectivity index (χ2n) is 3.54. The number of carbonyl (C=O) groups excluding carboxylic acids is 2. The molecule has 1 aliphatic heterocycles. The molecule has 0 saturated carbocycles. The van der Waals surface area contributed by atoms with Gasteiger partial charge in [0.25, 0.3) is 0 Å². The van der Waals surface area contributed by atoms with E-state index in [1.807, 2.05) is 0 Å². The van der Waals surface area contributed by atoms with E-state index >= 15 is 0 Å². The number of halogens is 1. The molecule has 0 unspecified atom stereocenters. The highest BCUT2D eigenvalue weighted by Gasteiger charge is 2.34. The molecule has 0 aliphatic carbocycles. The number of benzene rings is 1. The van der Waals surface area contributed by atoms with Crippen molar-refractivity contribution in [3.63, 3.8) is 0 Å². The van der Waals surface area contributed by atoms with E-state index in [1.54, 1.807) is 0 Å². The van der Waals surface area contributed by atoms with Crippen LogP contribution < -0.4 is 10.6 Å². The monoisotopic (exact) mass is 235 g/mol. The van der Waals surface area contributed by atoms with Crippen molar-refractivity contribution in [1.29, 1.82) is 0 Å². The minimum absolute atomic E-state index is 0.104. The summed E-state index contributed by atoms with van der Waals surface area (Å²) in [5.74, 6) is -2.46. The fraction of sp³-hybridized carbons (Fsp3) is 0.182. The molecule has 0 radical (unpaired) electrons. The van der Waals surface area contributed by atoms with E-state index in [4.69, 9.17) is 0 Å². The van der Waals surface area contributed by atoms with Crippen LogP contribution in [0.5, 0.6) is 0 Å². The van der Waals surface area contributed by atoms with Gasteiger partial charge in [0, 0.05) is 7.05 Å². The first-order chi connectivity index (χ1) is 8.11. The summed E-state index contributed by atoms with van der Waals surface area (Å²) in [5, 5.41) is 4.84. The molecule has 1 aliphatic rings. The largest absolute Gasteiger partial charge is 0.295 e. The van der Waals surface area contributed by atoms with Crippen molar-refractivity contribution in [3.8, 4) is 0 Å². The Kier molecular flexibility index (Phi) is 2.86. The van der Waals surface area contributed by atoms with Crippen molar-refractivity contribution in [2.24, 2.45) is 4.99 Å². The van der Waals surface area contributed by atoms with E-state index in [0.717, 1.165) is 6.07 Å². The molecule has 1 fully saturated rings.